The molecule has 0 saturated heterocycles. The van der Waals surface area contributed by atoms with E-state index in [9.17, 15) is 9.18 Å². The summed E-state index contributed by atoms with van der Waals surface area (Å²) in [5.41, 5.74) is 0.568. The largest absolute Gasteiger partial charge is 0.336 e. The molecule has 0 bridgehead atoms. The number of carbonyl (C=O) groups is 1. The second-order valence-corrected chi connectivity index (χ2v) is 7.10. The van der Waals surface area contributed by atoms with Crippen molar-refractivity contribution in [2.24, 2.45) is 5.92 Å². The minimum absolute atomic E-state index is 0.0308. The topological polar surface area (TPSA) is 20.3 Å². The van der Waals surface area contributed by atoms with Gasteiger partial charge < -0.3 is 4.90 Å². The van der Waals surface area contributed by atoms with Crippen LogP contribution in [0.1, 0.15) is 56.3 Å². The Balaban J connectivity index is 2.17. The Bertz CT molecular complexity index is 498. The Labute approximate surface area is 134 Å². The van der Waals surface area contributed by atoms with E-state index < -0.39 is 0 Å². The molecule has 4 heteroatoms. The maximum Gasteiger partial charge on any atom is 0.254 e. The average molecular weight is 356 g/mol. The van der Waals surface area contributed by atoms with E-state index in [-0.39, 0.29) is 11.7 Å². The van der Waals surface area contributed by atoms with Gasteiger partial charge in [-0.2, -0.15) is 0 Å². The Kier molecular flexibility index (Phi) is 5.80. The first kappa shape index (κ1) is 16.5. The SMILES string of the molecule is CC(C)CCN(C(=O)c1ccc(F)c(Br)c1)C1CCCC1. The molecule has 1 aliphatic rings. The lowest BCUT2D eigenvalue weighted by Gasteiger charge is -2.30. The minimum atomic E-state index is -0.332. The normalized spacial score (nSPS) is 15.7. The number of amides is 1. The van der Waals surface area contributed by atoms with Crippen molar-refractivity contribution in [3.63, 3.8) is 0 Å². The molecule has 2 rings (SSSR count). The second kappa shape index (κ2) is 7.39. The third-order valence-electron chi connectivity index (χ3n) is 4.14. The maximum atomic E-state index is 13.3. The second-order valence-electron chi connectivity index (χ2n) is 6.25. The molecule has 1 aromatic carbocycles. The smallest absolute Gasteiger partial charge is 0.254 e. The summed E-state index contributed by atoms with van der Waals surface area (Å²) < 4.78 is 13.7. The van der Waals surface area contributed by atoms with Crippen LogP contribution in [0.4, 0.5) is 4.39 Å². The predicted octanol–water partition coefficient (Wildman–Crippen LogP) is 5.02. The van der Waals surface area contributed by atoms with E-state index in [0.29, 0.717) is 22.0 Å². The van der Waals surface area contributed by atoms with Crippen LogP contribution in [0, 0.1) is 11.7 Å². The first-order valence-corrected chi connectivity index (χ1v) is 8.54. The summed E-state index contributed by atoms with van der Waals surface area (Å²) >= 11 is 3.16. The molecule has 21 heavy (non-hydrogen) atoms. The van der Waals surface area contributed by atoms with E-state index in [1.54, 1.807) is 12.1 Å². The third kappa shape index (κ3) is 4.29. The number of hydrogen-bond donors (Lipinski definition) is 0. The lowest BCUT2D eigenvalue weighted by atomic mass is 10.1. The van der Waals surface area contributed by atoms with Gasteiger partial charge in [-0.05, 0) is 59.3 Å². The summed E-state index contributed by atoms with van der Waals surface area (Å²) in [7, 11) is 0. The van der Waals surface area contributed by atoms with Gasteiger partial charge in [-0.1, -0.05) is 26.7 Å². The van der Waals surface area contributed by atoms with Crippen molar-refractivity contribution < 1.29 is 9.18 Å². The number of rotatable bonds is 5. The highest BCUT2D eigenvalue weighted by molar-refractivity contribution is 9.10. The first-order valence-electron chi connectivity index (χ1n) is 7.75. The Morgan fingerprint density at radius 1 is 1.38 bits per heavy atom. The summed E-state index contributed by atoms with van der Waals surface area (Å²) in [5.74, 6) is 0.269. The van der Waals surface area contributed by atoms with Crippen molar-refractivity contribution in [3.05, 3.63) is 34.1 Å². The fourth-order valence-electron chi connectivity index (χ4n) is 2.86. The number of nitrogens with zero attached hydrogens (tertiary/aromatic N) is 1. The summed E-state index contributed by atoms with van der Waals surface area (Å²) in [6, 6.07) is 4.88. The first-order chi connectivity index (χ1) is 9.99. The fraction of sp³-hybridized carbons (Fsp3) is 0.588. The van der Waals surface area contributed by atoms with Crippen LogP contribution < -0.4 is 0 Å². The van der Waals surface area contributed by atoms with Gasteiger partial charge in [0.05, 0.1) is 4.47 Å². The molecule has 1 aliphatic carbocycles. The third-order valence-corrected chi connectivity index (χ3v) is 4.75. The van der Waals surface area contributed by atoms with E-state index in [1.165, 1.54) is 18.9 Å². The molecule has 1 amide bonds. The van der Waals surface area contributed by atoms with Crippen LogP contribution in [-0.2, 0) is 0 Å². The van der Waals surface area contributed by atoms with E-state index >= 15 is 0 Å². The van der Waals surface area contributed by atoms with E-state index in [1.807, 2.05) is 4.90 Å². The number of hydrogen-bond acceptors (Lipinski definition) is 1. The van der Waals surface area contributed by atoms with Crippen molar-refractivity contribution in [3.8, 4) is 0 Å². The van der Waals surface area contributed by atoms with Crippen molar-refractivity contribution in [1.29, 1.82) is 0 Å². The summed E-state index contributed by atoms with van der Waals surface area (Å²) in [6.45, 7) is 5.13. The van der Waals surface area contributed by atoms with Gasteiger partial charge in [0.1, 0.15) is 5.82 Å². The minimum Gasteiger partial charge on any atom is -0.336 e. The van der Waals surface area contributed by atoms with E-state index in [4.69, 9.17) is 0 Å². The quantitative estimate of drug-likeness (QED) is 0.726. The highest BCUT2D eigenvalue weighted by Crippen LogP contribution is 2.26. The fourth-order valence-corrected chi connectivity index (χ4v) is 3.24. The highest BCUT2D eigenvalue weighted by Gasteiger charge is 2.27. The lowest BCUT2D eigenvalue weighted by Crippen LogP contribution is -2.40. The van der Waals surface area contributed by atoms with Gasteiger partial charge >= 0.3 is 0 Å². The molecule has 0 atom stereocenters. The maximum absolute atomic E-state index is 13.3. The van der Waals surface area contributed by atoms with Gasteiger partial charge in [-0.3, -0.25) is 4.79 Å². The predicted molar refractivity (Wildman–Crippen MR) is 86.8 cm³/mol. The summed E-state index contributed by atoms with van der Waals surface area (Å²) in [6.07, 6.45) is 5.58. The zero-order chi connectivity index (χ0) is 15.4. The Morgan fingerprint density at radius 3 is 2.62 bits per heavy atom. The number of carbonyl (C=O) groups excluding carboxylic acids is 1. The molecule has 1 aromatic rings. The van der Waals surface area contributed by atoms with E-state index in [2.05, 4.69) is 29.8 Å². The molecular weight excluding hydrogens is 333 g/mol. The molecule has 1 fully saturated rings. The Morgan fingerprint density at radius 2 is 2.05 bits per heavy atom. The molecule has 0 N–H and O–H groups in total. The van der Waals surface area contributed by atoms with Crippen molar-refractivity contribution in [2.45, 2.75) is 52.0 Å². The van der Waals surface area contributed by atoms with Crippen LogP contribution >= 0.6 is 15.9 Å². The highest BCUT2D eigenvalue weighted by atomic mass is 79.9. The molecule has 0 spiro atoms. The molecule has 2 nitrogen and oxygen atoms in total. The van der Waals surface area contributed by atoms with Crippen molar-refractivity contribution >= 4 is 21.8 Å². The van der Waals surface area contributed by atoms with Gasteiger partial charge in [0.2, 0.25) is 0 Å². The van der Waals surface area contributed by atoms with Crippen LogP contribution in [0.15, 0.2) is 22.7 Å². The van der Waals surface area contributed by atoms with Crippen molar-refractivity contribution in [2.75, 3.05) is 6.54 Å². The molecule has 0 unspecified atom stereocenters. The van der Waals surface area contributed by atoms with Gasteiger partial charge in [0.25, 0.3) is 5.91 Å². The van der Waals surface area contributed by atoms with Gasteiger partial charge in [-0.15, -0.1) is 0 Å². The summed E-state index contributed by atoms with van der Waals surface area (Å²) in [4.78, 5) is 14.8. The van der Waals surface area contributed by atoms with E-state index in [0.717, 1.165) is 25.8 Å². The van der Waals surface area contributed by atoms with Crippen LogP contribution in [-0.4, -0.2) is 23.4 Å². The molecule has 0 aromatic heterocycles. The molecule has 0 radical (unpaired) electrons. The molecule has 116 valence electrons. The average Bonchev–Trinajstić information content (AvgIpc) is 2.95. The lowest BCUT2D eigenvalue weighted by molar-refractivity contribution is 0.0671. The van der Waals surface area contributed by atoms with Crippen LogP contribution in [0.5, 0.6) is 0 Å². The number of benzene rings is 1. The molecular formula is C17H23BrFNO. The molecule has 0 heterocycles. The Hall–Kier alpha value is -0.900. The standard InChI is InChI=1S/C17H23BrFNO/c1-12(2)9-10-20(14-5-3-4-6-14)17(21)13-7-8-16(19)15(18)11-13/h7-8,11-12,14H,3-6,9-10H2,1-2H3. The monoisotopic (exact) mass is 355 g/mol. The van der Waals surface area contributed by atoms with Crippen LogP contribution in [0.3, 0.4) is 0 Å². The van der Waals surface area contributed by atoms with Gasteiger partial charge in [0.15, 0.2) is 0 Å². The number of halogens is 2. The van der Waals surface area contributed by atoms with Crippen LogP contribution in [0.25, 0.3) is 0 Å². The van der Waals surface area contributed by atoms with Crippen LogP contribution in [0.2, 0.25) is 0 Å². The zero-order valence-electron chi connectivity index (χ0n) is 12.7. The summed E-state index contributed by atoms with van der Waals surface area (Å²) in [5, 5.41) is 0. The van der Waals surface area contributed by atoms with Gasteiger partial charge in [-0.25, -0.2) is 4.39 Å². The molecule has 0 aliphatic heterocycles. The van der Waals surface area contributed by atoms with Crippen molar-refractivity contribution in [1.82, 2.24) is 4.90 Å². The zero-order valence-corrected chi connectivity index (χ0v) is 14.3. The van der Waals surface area contributed by atoms with Gasteiger partial charge in [0, 0.05) is 18.2 Å². The molecule has 1 saturated carbocycles.